The van der Waals surface area contributed by atoms with Crippen LogP contribution in [0.2, 0.25) is 0 Å². The molecule has 2 fully saturated rings. The van der Waals surface area contributed by atoms with Crippen LogP contribution in [0.5, 0.6) is 0 Å². The molecular weight excluding hydrogens is 236 g/mol. The molecule has 1 aliphatic carbocycles. The Kier molecular flexibility index (Phi) is 3.67. The first-order valence-corrected chi connectivity index (χ1v) is 6.63. The van der Waals surface area contributed by atoms with E-state index in [0.29, 0.717) is 18.8 Å². The van der Waals surface area contributed by atoms with Crippen LogP contribution in [0.25, 0.3) is 0 Å². The normalized spacial score (nSPS) is 35.9. The van der Waals surface area contributed by atoms with Crippen LogP contribution in [0, 0.1) is 5.92 Å². The molecule has 2 rings (SSSR count). The van der Waals surface area contributed by atoms with Gasteiger partial charge in [-0.1, -0.05) is 0 Å². The largest absolute Gasteiger partial charge is 0.464 e. The molecule has 1 N–H and O–H groups in total. The summed E-state index contributed by atoms with van der Waals surface area (Å²) in [6, 6.07) is 0. The third-order valence-corrected chi connectivity index (χ3v) is 4.16. The average Bonchev–Trinajstić information content (AvgIpc) is 2.35. The third-order valence-electron chi connectivity index (χ3n) is 4.16. The van der Waals surface area contributed by atoms with Gasteiger partial charge >= 0.3 is 5.97 Å². The van der Waals surface area contributed by atoms with E-state index >= 15 is 0 Å². The number of aliphatic hydroxyl groups excluding tert-OH is 1. The van der Waals surface area contributed by atoms with Crippen molar-refractivity contribution >= 4 is 5.97 Å². The van der Waals surface area contributed by atoms with Gasteiger partial charge in [0.15, 0.2) is 6.10 Å². The standard InChI is InChI=1S/C13H22O5/c1-4-16-11(15)10(14)13-7-5-6-9(8-13)12(2,3)17-18-13/h9-10,14H,4-8H2,1-3H3/t9-,10?,13+/m1/s1. The first-order valence-electron chi connectivity index (χ1n) is 6.63. The van der Waals surface area contributed by atoms with Gasteiger partial charge in [-0.25, -0.2) is 14.6 Å². The number of rotatable bonds is 3. The number of carbonyl (C=O) groups is 1. The summed E-state index contributed by atoms with van der Waals surface area (Å²) in [5, 5.41) is 10.2. The highest BCUT2D eigenvalue weighted by Gasteiger charge is 2.55. The zero-order chi connectivity index (χ0) is 13.4. The van der Waals surface area contributed by atoms with Crippen LogP contribution in [0.4, 0.5) is 0 Å². The van der Waals surface area contributed by atoms with E-state index in [1.54, 1.807) is 6.92 Å². The first-order chi connectivity index (χ1) is 8.41. The van der Waals surface area contributed by atoms with Crippen LogP contribution < -0.4 is 0 Å². The summed E-state index contributed by atoms with van der Waals surface area (Å²) in [6.07, 6.45) is 1.96. The van der Waals surface area contributed by atoms with Gasteiger partial charge in [-0.05, 0) is 52.4 Å². The zero-order valence-electron chi connectivity index (χ0n) is 11.3. The second kappa shape index (κ2) is 4.79. The molecule has 1 saturated heterocycles. The lowest BCUT2D eigenvalue weighted by Gasteiger charge is -2.51. The van der Waals surface area contributed by atoms with Gasteiger partial charge in [-0.15, -0.1) is 0 Å². The molecule has 0 spiro atoms. The molecule has 5 nitrogen and oxygen atoms in total. The maximum atomic E-state index is 11.7. The Morgan fingerprint density at radius 2 is 2.22 bits per heavy atom. The number of aliphatic hydroxyl groups is 1. The molecule has 2 bridgehead atoms. The second-order valence-electron chi connectivity index (χ2n) is 5.78. The number of fused-ring (bicyclic) bond motifs is 2. The predicted molar refractivity (Wildman–Crippen MR) is 63.6 cm³/mol. The lowest BCUT2D eigenvalue weighted by molar-refractivity contribution is -0.464. The summed E-state index contributed by atoms with van der Waals surface area (Å²) in [7, 11) is 0. The second-order valence-corrected chi connectivity index (χ2v) is 5.78. The Morgan fingerprint density at radius 1 is 1.50 bits per heavy atom. The van der Waals surface area contributed by atoms with E-state index in [9.17, 15) is 9.90 Å². The third kappa shape index (κ3) is 2.27. The summed E-state index contributed by atoms with van der Waals surface area (Å²) in [6.45, 7) is 5.92. The van der Waals surface area contributed by atoms with Crippen molar-refractivity contribution in [2.75, 3.05) is 6.61 Å². The maximum Gasteiger partial charge on any atom is 0.338 e. The van der Waals surface area contributed by atoms with Crippen molar-refractivity contribution in [1.29, 1.82) is 0 Å². The number of ether oxygens (including phenoxy) is 1. The lowest BCUT2D eigenvalue weighted by atomic mass is 9.69. The number of hydrogen-bond acceptors (Lipinski definition) is 5. The fourth-order valence-corrected chi connectivity index (χ4v) is 2.93. The fourth-order valence-electron chi connectivity index (χ4n) is 2.93. The van der Waals surface area contributed by atoms with Gasteiger partial charge in [-0.2, -0.15) is 0 Å². The van der Waals surface area contributed by atoms with Crippen molar-refractivity contribution in [3.63, 3.8) is 0 Å². The summed E-state index contributed by atoms with van der Waals surface area (Å²) in [4.78, 5) is 22.5. The van der Waals surface area contributed by atoms with E-state index in [0.717, 1.165) is 12.8 Å². The fraction of sp³-hybridized carbons (Fsp3) is 0.923. The van der Waals surface area contributed by atoms with E-state index in [4.69, 9.17) is 14.5 Å². The molecule has 0 aromatic carbocycles. The van der Waals surface area contributed by atoms with E-state index < -0.39 is 17.7 Å². The van der Waals surface area contributed by atoms with Crippen molar-refractivity contribution in [3.8, 4) is 0 Å². The van der Waals surface area contributed by atoms with Gasteiger partial charge in [0.25, 0.3) is 0 Å². The molecule has 0 radical (unpaired) electrons. The van der Waals surface area contributed by atoms with Crippen molar-refractivity contribution in [2.45, 2.75) is 63.8 Å². The summed E-state index contributed by atoms with van der Waals surface area (Å²) in [5.41, 5.74) is -1.29. The minimum absolute atomic E-state index is 0.252. The van der Waals surface area contributed by atoms with Crippen molar-refractivity contribution in [2.24, 2.45) is 5.92 Å². The minimum atomic E-state index is -1.27. The highest BCUT2D eigenvalue weighted by Crippen LogP contribution is 2.48. The quantitative estimate of drug-likeness (QED) is 0.615. The molecule has 1 heterocycles. The van der Waals surface area contributed by atoms with Gasteiger partial charge < -0.3 is 9.84 Å². The summed E-state index contributed by atoms with van der Waals surface area (Å²) < 4.78 is 4.87. The topological polar surface area (TPSA) is 65.0 Å². The van der Waals surface area contributed by atoms with E-state index in [1.807, 2.05) is 13.8 Å². The van der Waals surface area contributed by atoms with E-state index in [2.05, 4.69) is 0 Å². The Morgan fingerprint density at radius 3 is 2.89 bits per heavy atom. The molecule has 1 saturated carbocycles. The lowest BCUT2D eigenvalue weighted by Crippen LogP contribution is -2.60. The molecule has 1 aliphatic heterocycles. The smallest absolute Gasteiger partial charge is 0.338 e. The molecule has 2 aliphatic rings. The zero-order valence-corrected chi connectivity index (χ0v) is 11.3. The van der Waals surface area contributed by atoms with Gasteiger partial charge in [0.1, 0.15) is 11.2 Å². The van der Waals surface area contributed by atoms with Crippen LogP contribution in [-0.2, 0) is 19.3 Å². The van der Waals surface area contributed by atoms with Crippen LogP contribution in [-0.4, -0.2) is 35.0 Å². The van der Waals surface area contributed by atoms with Crippen LogP contribution in [0.1, 0.15) is 46.5 Å². The summed E-state index contributed by atoms with van der Waals surface area (Å²) >= 11 is 0. The van der Waals surface area contributed by atoms with Crippen LogP contribution in [0.3, 0.4) is 0 Å². The van der Waals surface area contributed by atoms with Crippen LogP contribution in [0.15, 0.2) is 0 Å². The maximum absolute atomic E-state index is 11.7. The molecule has 0 amide bonds. The SMILES string of the molecule is CCOC(=O)C(O)[C@]12CCC[C@H](C1)C(C)(C)OO2. The average molecular weight is 258 g/mol. The molecule has 18 heavy (non-hydrogen) atoms. The number of hydrogen-bond donors (Lipinski definition) is 1. The monoisotopic (exact) mass is 258 g/mol. The first kappa shape index (κ1) is 13.8. The highest BCUT2D eigenvalue weighted by atomic mass is 17.2. The molecule has 104 valence electrons. The Labute approximate surface area is 107 Å². The Bertz CT molecular complexity index is 327. The molecule has 0 aromatic heterocycles. The molecular formula is C13H22O5. The van der Waals surface area contributed by atoms with E-state index in [1.165, 1.54) is 0 Å². The molecule has 3 atom stereocenters. The Hall–Kier alpha value is -0.650. The van der Waals surface area contributed by atoms with Crippen molar-refractivity contribution < 1.29 is 24.4 Å². The summed E-state index contributed by atoms with van der Waals surface area (Å²) in [5.74, 6) is -0.328. The predicted octanol–water partition coefficient (Wildman–Crippen LogP) is 1.58. The minimum Gasteiger partial charge on any atom is -0.464 e. The number of esters is 1. The van der Waals surface area contributed by atoms with Gasteiger partial charge in [0.2, 0.25) is 0 Å². The molecule has 0 aromatic rings. The van der Waals surface area contributed by atoms with E-state index in [-0.39, 0.29) is 12.2 Å². The number of carbonyl (C=O) groups excluding carboxylic acids is 1. The van der Waals surface area contributed by atoms with Gasteiger partial charge in [0.05, 0.1) is 6.61 Å². The van der Waals surface area contributed by atoms with Gasteiger partial charge in [0, 0.05) is 0 Å². The van der Waals surface area contributed by atoms with Gasteiger partial charge in [-0.3, -0.25) is 0 Å². The van der Waals surface area contributed by atoms with Crippen molar-refractivity contribution in [3.05, 3.63) is 0 Å². The van der Waals surface area contributed by atoms with Crippen LogP contribution >= 0.6 is 0 Å². The van der Waals surface area contributed by atoms with Crippen molar-refractivity contribution in [1.82, 2.24) is 0 Å². The molecule has 5 heteroatoms. The Balaban J connectivity index is 2.14. The molecule has 1 unspecified atom stereocenters. The highest BCUT2D eigenvalue weighted by molar-refractivity contribution is 5.76.